The Hall–Kier alpha value is -1.26. The van der Waals surface area contributed by atoms with Crippen LogP contribution in [-0.4, -0.2) is 38.5 Å². The van der Waals surface area contributed by atoms with Gasteiger partial charge in [-0.05, 0) is 25.0 Å². The number of rotatable bonds is 2. The van der Waals surface area contributed by atoms with Crippen LogP contribution < -0.4 is 10.6 Å². The predicted octanol–water partition coefficient (Wildman–Crippen LogP) is 2.04. The number of benzene rings is 1. The van der Waals surface area contributed by atoms with Crippen molar-refractivity contribution in [2.24, 2.45) is 0 Å². The second-order valence-corrected chi connectivity index (χ2v) is 5.65. The molecule has 2 aliphatic rings. The molecular formula is C15H22N2O2. The molecule has 2 fully saturated rings. The molecule has 0 saturated carbocycles. The number of nitrogens with two attached hydrogens (primary N) is 1. The Kier molecular flexibility index (Phi) is 3.37. The first kappa shape index (κ1) is 12.8. The summed E-state index contributed by atoms with van der Waals surface area (Å²) < 4.78 is 11.5. The van der Waals surface area contributed by atoms with Crippen LogP contribution in [0.1, 0.15) is 19.3 Å². The summed E-state index contributed by atoms with van der Waals surface area (Å²) in [6, 6.07) is 8.53. The first-order valence-corrected chi connectivity index (χ1v) is 6.99. The molecule has 104 valence electrons. The highest BCUT2D eigenvalue weighted by Gasteiger charge is 2.42. The third-order valence-electron chi connectivity index (χ3n) is 4.40. The molecule has 0 aromatic heterocycles. The SMILES string of the molecule is CN(c1ccccc1N)C1CCOC2(CCOC2)C1. The maximum Gasteiger partial charge on any atom is 0.0956 e. The number of hydrogen-bond acceptors (Lipinski definition) is 4. The van der Waals surface area contributed by atoms with Crippen LogP contribution in [0.5, 0.6) is 0 Å². The van der Waals surface area contributed by atoms with Crippen LogP contribution in [0.2, 0.25) is 0 Å². The summed E-state index contributed by atoms with van der Waals surface area (Å²) in [6.45, 7) is 2.37. The fraction of sp³-hybridized carbons (Fsp3) is 0.600. The van der Waals surface area contributed by atoms with E-state index in [1.54, 1.807) is 0 Å². The Morgan fingerprint density at radius 2 is 2.16 bits per heavy atom. The van der Waals surface area contributed by atoms with E-state index in [9.17, 15) is 0 Å². The molecule has 1 aromatic carbocycles. The maximum absolute atomic E-state index is 6.08. The molecule has 0 aliphatic carbocycles. The molecule has 0 radical (unpaired) electrons. The third-order valence-corrected chi connectivity index (χ3v) is 4.40. The topological polar surface area (TPSA) is 47.7 Å². The van der Waals surface area contributed by atoms with E-state index in [0.717, 1.165) is 50.5 Å². The second-order valence-electron chi connectivity index (χ2n) is 5.65. The fourth-order valence-corrected chi connectivity index (χ4v) is 3.20. The van der Waals surface area contributed by atoms with E-state index in [2.05, 4.69) is 18.0 Å². The molecule has 0 amide bonds. The van der Waals surface area contributed by atoms with E-state index in [-0.39, 0.29) is 5.60 Å². The smallest absolute Gasteiger partial charge is 0.0956 e. The van der Waals surface area contributed by atoms with Crippen LogP contribution in [0.3, 0.4) is 0 Å². The van der Waals surface area contributed by atoms with Crippen LogP contribution in [0.4, 0.5) is 11.4 Å². The van der Waals surface area contributed by atoms with Gasteiger partial charge in [0, 0.05) is 32.7 Å². The highest BCUT2D eigenvalue weighted by Crippen LogP contribution is 2.36. The van der Waals surface area contributed by atoms with Crippen molar-refractivity contribution in [1.82, 2.24) is 0 Å². The lowest BCUT2D eigenvalue weighted by atomic mass is 9.89. The largest absolute Gasteiger partial charge is 0.397 e. The van der Waals surface area contributed by atoms with Gasteiger partial charge in [0.25, 0.3) is 0 Å². The van der Waals surface area contributed by atoms with E-state index in [1.807, 2.05) is 18.2 Å². The molecular weight excluding hydrogens is 240 g/mol. The van der Waals surface area contributed by atoms with Gasteiger partial charge >= 0.3 is 0 Å². The van der Waals surface area contributed by atoms with Crippen molar-refractivity contribution in [3.05, 3.63) is 24.3 Å². The quantitative estimate of drug-likeness (QED) is 0.829. The zero-order chi connectivity index (χ0) is 13.3. The molecule has 3 rings (SSSR count). The van der Waals surface area contributed by atoms with Crippen LogP contribution in [0, 0.1) is 0 Å². The summed E-state index contributed by atoms with van der Waals surface area (Å²) in [7, 11) is 2.13. The molecule has 2 atom stereocenters. The molecule has 1 aromatic rings. The van der Waals surface area contributed by atoms with Crippen LogP contribution in [0.15, 0.2) is 24.3 Å². The third kappa shape index (κ3) is 2.42. The maximum atomic E-state index is 6.08. The number of hydrogen-bond donors (Lipinski definition) is 1. The zero-order valence-electron chi connectivity index (χ0n) is 11.5. The van der Waals surface area contributed by atoms with Crippen molar-refractivity contribution in [3.8, 4) is 0 Å². The number of nitrogen functional groups attached to an aromatic ring is 1. The van der Waals surface area contributed by atoms with E-state index >= 15 is 0 Å². The van der Waals surface area contributed by atoms with Crippen molar-refractivity contribution in [3.63, 3.8) is 0 Å². The van der Waals surface area contributed by atoms with E-state index in [1.165, 1.54) is 0 Å². The summed E-state index contributed by atoms with van der Waals surface area (Å²) >= 11 is 0. The van der Waals surface area contributed by atoms with Gasteiger partial charge in [0.15, 0.2) is 0 Å². The zero-order valence-corrected chi connectivity index (χ0v) is 11.5. The van der Waals surface area contributed by atoms with Crippen molar-refractivity contribution >= 4 is 11.4 Å². The van der Waals surface area contributed by atoms with Gasteiger partial charge in [0.1, 0.15) is 0 Å². The number of nitrogens with zero attached hydrogens (tertiary/aromatic N) is 1. The molecule has 4 nitrogen and oxygen atoms in total. The number of para-hydroxylation sites is 2. The molecule has 0 bridgehead atoms. The average molecular weight is 262 g/mol. The van der Waals surface area contributed by atoms with Crippen LogP contribution in [0.25, 0.3) is 0 Å². The Balaban J connectivity index is 1.76. The minimum atomic E-state index is -0.0548. The number of anilines is 2. The summed E-state index contributed by atoms with van der Waals surface area (Å²) in [4.78, 5) is 2.30. The van der Waals surface area contributed by atoms with Crippen LogP contribution in [-0.2, 0) is 9.47 Å². The Morgan fingerprint density at radius 3 is 2.89 bits per heavy atom. The lowest BCUT2D eigenvalue weighted by Gasteiger charge is -2.42. The molecule has 19 heavy (non-hydrogen) atoms. The molecule has 2 N–H and O–H groups in total. The predicted molar refractivity (Wildman–Crippen MR) is 76.4 cm³/mol. The highest BCUT2D eigenvalue weighted by molar-refractivity contribution is 5.67. The minimum Gasteiger partial charge on any atom is -0.397 e. The van der Waals surface area contributed by atoms with Gasteiger partial charge in [0.2, 0.25) is 0 Å². The first-order valence-electron chi connectivity index (χ1n) is 6.99. The average Bonchev–Trinajstić information content (AvgIpc) is 2.86. The van der Waals surface area contributed by atoms with Crippen molar-refractivity contribution < 1.29 is 9.47 Å². The van der Waals surface area contributed by atoms with Crippen molar-refractivity contribution in [2.45, 2.75) is 30.9 Å². The molecule has 2 unspecified atom stereocenters. The van der Waals surface area contributed by atoms with E-state index < -0.39 is 0 Å². The van der Waals surface area contributed by atoms with Gasteiger partial charge < -0.3 is 20.1 Å². The Bertz CT molecular complexity index is 444. The first-order chi connectivity index (χ1) is 9.20. The Morgan fingerprint density at radius 1 is 1.32 bits per heavy atom. The molecule has 2 heterocycles. The highest BCUT2D eigenvalue weighted by atomic mass is 16.6. The lowest BCUT2D eigenvalue weighted by Crippen LogP contribution is -2.48. The molecule has 1 spiro atoms. The van der Waals surface area contributed by atoms with Gasteiger partial charge in [-0.1, -0.05) is 12.1 Å². The van der Waals surface area contributed by atoms with E-state index in [4.69, 9.17) is 15.2 Å². The van der Waals surface area contributed by atoms with Gasteiger partial charge in [0.05, 0.1) is 23.6 Å². The van der Waals surface area contributed by atoms with Crippen molar-refractivity contribution in [1.29, 1.82) is 0 Å². The van der Waals surface area contributed by atoms with Crippen LogP contribution >= 0.6 is 0 Å². The summed E-state index contributed by atoms with van der Waals surface area (Å²) in [5.41, 5.74) is 7.98. The summed E-state index contributed by atoms with van der Waals surface area (Å²) in [6.07, 6.45) is 3.09. The fourth-order valence-electron chi connectivity index (χ4n) is 3.20. The van der Waals surface area contributed by atoms with Gasteiger partial charge in [-0.2, -0.15) is 0 Å². The van der Waals surface area contributed by atoms with Gasteiger partial charge in [-0.3, -0.25) is 0 Å². The van der Waals surface area contributed by atoms with E-state index in [0.29, 0.717) is 6.04 Å². The number of ether oxygens (including phenoxy) is 2. The normalized spacial score (nSPS) is 30.7. The van der Waals surface area contributed by atoms with Crippen molar-refractivity contribution in [2.75, 3.05) is 37.5 Å². The lowest BCUT2D eigenvalue weighted by molar-refractivity contribution is -0.0855. The Labute approximate surface area is 114 Å². The molecule has 2 saturated heterocycles. The molecule has 4 heteroatoms. The minimum absolute atomic E-state index is 0.0548. The summed E-state index contributed by atoms with van der Waals surface area (Å²) in [5.74, 6) is 0. The standard InChI is InChI=1S/C15H22N2O2/c1-17(14-5-3-2-4-13(14)16)12-6-8-19-15(10-12)7-9-18-11-15/h2-5,12H,6-11,16H2,1H3. The summed E-state index contributed by atoms with van der Waals surface area (Å²) in [5, 5.41) is 0. The van der Waals surface area contributed by atoms with Gasteiger partial charge in [-0.15, -0.1) is 0 Å². The van der Waals surface area contributed by atoms with Gasteiger partial charge in [-0.25, -0.2) is 0 Å². The molecule has 2 aliphatic heterocycles. The second kappa shape index (κ2) is 5.02. The monoisotopic (exact) mass is 262 g/mol.